The van der Waals surface area contributed by atoms with Gasteiger partial charge in [-0.05, 0) is 12.5 Å². The molecule has 0 fully saturated rings. The summed E-state index contributed by atoms with van der Waals surface area (Å²) in [6.45, 7) is 5.58. The van der Waals surface area contributed by atoms with E-state index in [1.54, 1.807) is 6.92 Å². The molecule has 0 amide bonds. The zero-order valence-electron chi connectivity index (χ0n) is 9.12. The van der Waals surface area contributed by atoms with E-state index in [4.69, 9.17) is 23.2 Å². The van der Waals surface area contributed by atoms with Crippen molar-refractivity contribution in [2.75, 3.05) is 0 Å². The summed E-state index contributed by atoms with van der Waals surface area (Å²) in [5.41, 5.74) is -0.839. The first-order valence-electron chi connectivity index (χ1n) is 4.78. The van der Waals surface area contributed by atoms with Gasteiger partial charge in [0, 0.05) is 5.56 Å². The molecule has 0 N–H and O–H groups in total. The van der Waals surface area contributed by atoms with Crippen molar-refractivity contribution in [3.05, 3.63) is 27.5 Å². The van der Waals surface area contributed by atoms with Crippen molar-refractivity contribution in [3.8, 4) is 0 Å². The van der Waals surface area contributed by atoms with Gasteiger partial charge in [-0.3, -0.25) is 0 Å². The summed E-state index contributed by atoms with van der Waals surface area (Å²) < 4.78 is 37.4. The summed E-state index contributed by atoms with van der Waals surface area (Å²) in [4.78, 5) is 3.55. The lowest BCUT2D eigenvalue weighted by molar-refractivity contribution is -0.138. The van der Waals surface area contributed by atoms with Crippen LogP contribution < -0.4 is 0 Å². The molecule has 0 aliphatic carbocycles. The lowest BCUT2D eigenvalue weighted by atomic mass is 10.1. The summed E-state index contributed by atoms with van der Waals surface area (Å²) >= 11 is 10.9. The second-order valence-corrected chi connectivity index (χ2v) is 3.36. The molecular weight excluding hydrogens is 262 g/mol. The number of alkyl halides is 3. The minimum Gasteiger partial charge on any atom is -0.224 e. The van der Waals surface area contributed by atoms with Crippen molar-refractivity contribution in [2.24, 2.45) is 0 Å². The smallest absolute Gasteiger partial charge is 0.224 e. The van der Waals surface area contributed by atoms with Crippen molar-refractivity contribution in [2.45, 2.75) is 33.4 Å². The Hall–Kier alpha value is -0.480. The monoisotopic (exact) mass is 273 g/mol. The lowest BCUT2D eigenvalue weighted by Crippen LogP contribution is -2.10. The van der Waals surface area contributed by atoms with Crippen LogP contribution in [0.1, 0.15) is 31.9 Å². The number of nitrogens with zero attached hydrogens (tertiary/aromatic N) is 1. The second kappa shape index (κ2) is 6.30. The van der Waals surface area contributed by atoms with Crippen LogP contribution in [0, 0.1) is 0 Å². The van der Waals surface area contributed by atoms with E-state index in [2.05, 4.69) is 4.98 Å². The highest BCUT2D eigenvalue weighted by Crippen LogP contribution is 2.35. The molecular formula is C10H12Cl2F3N. The molecule has 1 aromatic rings. The van der Waals surface area contributed by atoms with Gasteiger partial charge < -0.3 is 0 Å². The number of aromatic nitrogens is 1. The van der Waals surface area contributed by atoms with Gasteiger partial charge in [-0.15, -0.1) is 0 Å². The molecule has 0 saturated heterocycles. The van der Waals surface area contributed by atoms with Crippen molar-refractivity contribution in [1.82, 2.24) is 4.98 Å². The van der Waals surface area contributed by atoms with Gasteiger partial charge in [0.25, 0.3) is 0 Å². The maximum Gasteiger partial charge on any atom is 0.416 e. The van der Waals surface area contributed by atoms with E-state index in [1.165, 1.54) is 0 Å². The number of hydrogen-bond donors (Lipinski definition) is 0. The summed E-state index contributed by atoms with van der Waals surface area (Å²) in [5, 5.41) is -0.438. The quantitative estimate of drug-likeness (QED) is 0.657. The fourth-order valence-corrected chi connectivity index (χ4v) is 1.66. The molecule has 0 aromatic carbocycles. The highest BCUT2D eigenvalue weighted by atomic mass is 35.5. The van der Waals surface area contributed by atoms with Gasteiger partial charge in [-0.1, -0.05) is 44.0 Å². The molecule has 1 rings (SSSR count). The van der Waals surface area contributed by atoms with Crippen LogP contribution in [0.25, 0.3) is 0 Å². The highest BCUT2D eigenvalue weighted by molar-refractivity contribution is 6.33. The molecule has 0 aliphatic heterocycles. The van der Waals surface area contributed by atoms with Crippen molar-refractivity contribution < 1.29 is 13.2 Å². The van der Waals surface area contributed by atoms with E-state index in [9.17, 15) is 13.2 Å². The Kier molecular flexibility index (Phi) is 6.11. The first-order valence-corrected chi connectivity index (χ1v) is 5.54. The zero-order valence-corrected chi connectivity index (χ0v) is 10.6. The Labute approximate surface area is 103 Å². The van der Waals surface area contributed by atoms with E-state index in [0.717, 1.165) is 6.07 Å². The van der Waals surface area contributed by atoms with Crippen LogP contribution in [0.15, 0.2) is 6.07 Å². The first kappa shape index (κ1) is 15.5. The Morgan fingerprint density at radius 3 is 2.12 bits per heavy atom. The Bertz CT molecular complexity index is 351. The third-order valence-electron chi connectivity index (χ3n) is 1.70. The second-order valence-electron chi connectivity index (χ2n) is 2.61. The molecule has 0 radical (unpaired) electrons. The van der Waals surface area contributed by atoms with Gasteiger partial charge in [0.15, 0.2) is 0 Å². The molecule has 1 aromatic heterocycles. The Morgan fingerprint density at radius 1 is 1.25 bits per heavy atom. The highest BCUT2D eigenvalue weighted by Gasteiger charge is 2.34. The molecule has 0 saturated carbocycles. The molecule has 0 atom stereocenters. The van der Waals surface area contributed by atoms with Crippen LogP contribution in [-0.2, 0) is 12.6 Å². The Balaban J connectivity index is 0.00000106. The minimum absolute atomic E-state index is 0.0245. The zero-order chi connectivity index (χ0) is 12.9. The molecule has 0 bridgehead atoms. The molecule has 6 heteroatoms. The van der Waals surface area contributed by atoms with E-state index in [1.807, 2.05) is 13.8 Å². The maximum atomic E-state index is 12.5. The standard InChI is InChI=1S/C8H6Cl2F3N.C2H6/c1-2-4-5(8(11,12)13)3-6(9)14-7(4)10;1-2/h3H,2H2,1H3;1-2H3. The van der Waals surface area contributed by atoms with Crippen LogP contribution in [-0.4, -0.2) is 4.98 Å². The molecule has 16 heavy (non-hydrogen) atoms. The fourth-order valence-electron chi connectivity index (χ4n) is 1.10. The van der Waals surface area contributed by atoms with E-state index in [0.29, 0.717) is 0 Å². The van der Waals surface area contributed by atoms with Gasteiger partial charge in [0.05, 0.1) is 5.56 Å². The van der Waals surface area contributed by atoms with Crippen molar-refractivity contribution in [1.29, 1.82) is 0 Å². The van der Waals surface area contributed by atoms with E-state index < -0.39 is 11.7 Å². The van der Waals surface area contributed by atoms with Crippen LogP contribution in [0.3, 0.4) is 0 Å². The topological polar surface area (TPSA) is 12.9 Å². The average Bonchev–Trinajstić information content (AvgIpc) is 2.18. The first-order chi connectivity index (χ1) is 7.36. The fraction of sp³-hybridized carbons (Fsp3) is 0.500. The average molecular weight is 274 g/mol. The van der Waals surface area contributed by atoms with Gasteiger partial charge in [0.1, 0.15) is 10.3 Å². The molecule has 1 heterocycles. The summed E-state index contributed by atoms with van der Waals surface area (Å²) in [6.07, 6.45) is -4.28. The predicted octanol–water partition coefficient (Wildman–Crippen LogP) is 5.00. The van der Waals surface area contributed by atoms with E-state index in [-0.39, 0.29) is 22.3 Å². The lowest BCUT2D eigenvalue weighted by Gasteiger charge is -2.12. The van der Waals surface area contributed by atoms with E-state index >= 15 is 0 Å². The number of rotatable bonds is 1. The normalized spacial score (nSPS) is 10.8. The SMILES string of the molecule is CC.CCc1c(C(F)(F)F)cc(Cl)nc1Cl. The number of hydrogen-bond acceptors (Lipinski definition) is 1. The van der Waals surface area contributed by atoms with Crippen molar-refractivity contribution in [3.63, 3.8) is 0 Å². The minimum atomic E-state index is -4.44. The predicted molar refractivity (Wildman–Crippen MR) is 60.0 cm³/mol. The van der Waals surface area contributed by atoms with Crippen LogP contribution in [0.4, 0.5) is 13.2 Å². The third-order valence-corrected chi connectivity index (χ3v) is 2.21. The van der Waals surface area contributed by atoms with Gasteiger partial charge >= 0.3 is 6.18 Å². The molecule has 0 aliphatic rings. The van der Waals surface area contributed by atoms with Gasteiger partial charge in [-0.2, -0.15) is 13.2 Å². The summed E-state index contributed by atoms with van der Waals surface area (Å²) in [5.74, 6) is 0. The summed E-state index contributed by atoms with van der Waals surface area (Å²) in [6, 6.07) is 0.784. The largest absolute Gasteiger partial charge is 0.416 e. The van der Waals surface area contributed by atoms with Gasteiger partial charge in [-0.25, -0.2) is 4.98 Å². The molecule has 92 valence electrons. The maximum absolute atomic E-state index is 12.5. The molecule has 0 unspecified atom stereocenters. The number of pyridine rings is 1. The number of halogens is 5. The van der Waals surface area contributed by atoms with Gasteiger partial charge in [0.2, 0.25) is 0 Å². The van der Waals surface area contributed by atoms with Crippen molar-refractivity contribution >= 4 is 23.2 Å². The summed E-state index contributed by atoms with van der Waals surface area (Å²) in [7, 11) is 0. The van der Waals surface area contributed by atoms with Crippen LogP contribution >= 0.6 is 23.2 Å². The Morgan fingerprint density at radius 2 is 1.75 bits per heavy atom. The van der Waals surface area contributed by atoms with Crippen LogP contribution in [0.5, 0.6) is 0 Å². The van der Waals surface area contributed by atoms with Crippen LogP contribution in [0.2, 0.25) is 10.3 Å². The molecule has 0 spiro atoms. The third kappa shape index (κ3) is 3.83. The molecule has 1 nitrogen and oxygen atoms in total.